The number of hydrogen-bond acceptors (Lipinski definition) is 5. The SMILES string of the molecule is COC(=O)c1ccccc1NC(=O)Cn1cc(N)ccc1=O. The smallest absolute Gasteiger partial charge is 0.339 e. The highest BCUT2D eigenvalue weighted by Gasteiger charge is 2.13. The number of amides is 1. The molecule has 0 atom stereocenters. The first-order chi connectivity index (χ1) is 10.5. The molecular weight excluding hydrogens is 286 g/mol. The molecule has 0 saturated heterocycles. The van der Waals surface area contributed by atoms with Crippen LogP contribution in [0, 0.1) is 0 Å². The van der Waals surface area contributed by atoms with Crippen LogP contribution in [0.1, 0.15) is 10.4 Å². The number of carbonyl (C=O) groups is 2. The molecule has 1 aromatic heterocycles. The van der Waals surface area contributed by atoms with E-state index in [2.05, 4.69) is 10.1 Å². The van der Waals surface area contributed by atoms with Gasteiger partial charge in [-0.1, -0.05) is 12.1 Å². The van der Waals surface area contributed by atoms with E-state index in [9.17, 15) is 14.4 Å². The van der Waals surface area contributed by atoms with Crippen LogP contribution in [-0.2, 0) is 16.1 Å². The van der Waals surface area contributed by atoms with Gasteiger partial charge in [-0.3, -0.25) is 9.59 Å². The Balaban J connectivity index is 2.18. The molecule has 3 N–H and O–H groups in total. The summed E-state index contributed by atoms with van der Waals surface area (Å²) in [5.41, 5.74) is 6.17. The summed E-state index contributed by atoms with van der Waals surface area (Å²) in [6.07, 6.45) is 1.38. The molecule has 2 aromatic rings. The lowest BCUT2D eigenvalue weighted by Gasteiger charge is -2.10. The molecule has 7 heteroatoms. The topological polar surface area (TPSA) is 103 Å². The highest BCUT2D eigenvalue weighted by Crippen LogP contribution is 2.16. The van der Waals surface area contributed by atoms with E-state index in [4.69, 9.17) is 5.73 Å². The van der Waals surface area contributed by atoms with E-state index in [1.807, 2.05) is 0 Å². The van der Waals surface area contributed by atoms with Gasteiger partial charge in [-0.05, 0) is 18.2 Å². The maximum Gasteiger partial charge on any atom is 0.339 e. The number of methoxy groups -OCH3 is 1. The Labute approximate surface area is 126 Å². The predicted molar refractivity (Wildman–Crippen MR) is 81.5 cm³/mol. The van der Waals surface area contributed by atoms with E-state index in [0.29, 0.717) is 11.4 Å². The Hall–Kier alpha value is -3.09. The van der Waals surface area contributed by atoms with Gasteiger partial charge in [-0.2, -0.15) is 0 Å². The largest absolute Gasteiger partial charge is 0.465 e. The number of anilines is 2. The fraction of sp³-hybridized carbons (Fsp3) is 0.133. The average Bonchev–Trinajstić information content (AvgIpc) is 2.50. The van der Waals surface area contributed by atoms with Crippen molar-refractivity contribution in [2.24, 2.45) is 0 Å². The summed E-state index contributed by atoms with van der Waals surface area (Å²) in [4.78, 5) is 35.3. The van der Waals surface area contributed by atoms with Gasteiger partial charge in [-0.25, -0.2) is 4.79 Å². The van der Waals surface area contributed by atoms with Crippen molar-refractivity contribution in [1.82, 2.24) is 4.57 Å². The average molecular weight is 301 g/mol. The molecule has 0 radical (unpaired) electrons. The van der Waals surface area contributed by atoms with Crippen LogP contribution in [0.2, 0.25) is 0 Å². The minimum atomic E-state index is -0.558. The Kier molecular flexibility index (Phi) is 4.57. The molecular formula is C15H15N3O4. The first-order valence-corrected chi connectivity index (χ1v) is 6.44. The Morgan fingerprint density at radius 1 is 1.23 bits per heavy atom. The Morgan fingerprint density at radius 3 is 2.68 bits per heavy atom. The molecule has 0 aliphatic heterocycles. The highest BCUT2D eigenvalue weighted by atomic mass is 16.5. The highest BCUT2D eigenvalue weighted by molar-refractivity contribution is 6.01. The van der Waals surface area contributed by atoms with Gasteiger partial charge in [0.15, 0.2) is 0 Å². The van der Waals surface area contributed by atoms with Gasteiger partial charge >= 0.3 is 5.97 Å². The van der Waals surface area contributed by atoms with E-state index in [0.717, 1.165) is 0 Å². The monoisotopic (exact) mass is 301 g/mol. The number of carbonyl (C=O) groups excluding carboxylic acids is 2. The van der Waals surface area contributed by atoms with Gasteiger partial charge in [0.05, 0.1) is 18.4 Å². The van der Waals surface area contributed by atoms with Crippen molar-refractivity contribution in [3.8, 4) is 0 Å². The summed E-state index contributed by atoms with van der Waals surface area (Å²) in [5.74, 6) is -1.01. The zero-order chi connectivity index (χ0) is 16.1. The van der Waals surface area contributed by atoms with Crippen molar-refractivity contribution in [3.63, 3.8) is 0 Å². The van der Waals surface area contributed by atoms with Crippen molar-refractivity contribution in [2.45, 2.75) is 6.54 Å². The number of rotatable bonds is 4. The van der Waals surface area contributed by atoms with E-state index in [-0.39, 0.29) is 17.7 Å². The molecule has 0 saturated carbocycles. The maximum absolute atomic E-state index is 12.0. The van der Waals surface area contributed by atoms with E-state index in [1.165, 1.54) is 36.1 Å². The first kappa shape index (κ1) is 15.3. The van der Waals surface area contributed by atoms with Crippen LogP contribution < -0.4 is 16.6 Å². The number of nitrogens with two attached hydrogens (primary N) is 1. The van der Waals surface area contributed by atoms with Gasteiger partial charge < -0.3 is 20.4 Å². The second kappa shape index (κ2) is 6.57. The number of nitrogens with zero attached hydrogens (tertiary/aromatic N) is 1. The molecule has 1 heterocycles. The number of benzene rings is 1. The van der Waals surface area contributed by atoms with Gasteiger partial charge in [0.2, 0.25) is 5.91 Å². The van der Waals surface area contributed by atoms with Crippen molar-refractivity contribution in [2.75, 3.05) is 18.2 Å². The summed E-state index contributed by atoms with van der Waals surface area (Å²) >= 11 is 0. The third-order valence-electron chi connectivity index (χ3n) is 2.93. The lowest BCUT2D eigenvalue weighted by Crippen LogP contribution is -2.27. The third-order valence-corrected chi connectivity index (χ3v) is 2.93. The van der Waals surface area contributed by atoms with Crippen LogP contribution in [-0.4, -0.2) is 23.6 Å². The number of pyridine rings is 1. The van der Waals surface area contributed by atoms with E-state index >= 15 is 0 Å². The molecule has 0 fully saturated rings. The number of hydrogen-bond donors (Lipinski definition) is 2. The molecule has 0 unspecified atom stereocenters. The fourth-order valence-electron chi connectivity index (χ4n) is 1.90. The van der Waals surface area contributed by atoms with Gasteiger partial charge in [0.1, 0.15) is 6.54 Å². The summed E-state index contributed by atoms with van der Waals surface area (Å²) in [7, 11) is 1.26. The molecule has 114 valence electrons. The van der Waals surface area contributed by atoms with Crippen LogP contribution >= 0.6 is 0 Å². The quantitative estimate of drug-likeness (QED) is 0.815. The second-order valence-electron chi connectivity index (χ2n) is 4.51. The maximum atomic E-state index is 12.0. The summed E-state index contributed by atoms with van der Waals surface area (Å²) in [6, 6.07) is 9.19. The second-order valence-corrected chi connectivity index (χ2v) is 4.51. The van der Waals surface area contributed by atoms with E-state index < -0.39 is 11.9 Å². The normalized spacial score (nSPS) is 10.0. The molecule has 0 aliphatic rings. The fourth-order valence-corrected chi connectivity index (χ4v) is 1.90. The van der Waals surface area contributed by atoms with Crippen molar-refractivity contribution in [1.29, 1.82) is 0 Å². The van der Waals surface area contributed by atoms with Gasteiger partial charge in [0.25, 0.3) is 5.56 Å². The molecule has 0 aliphatic carbocycles. The van der Waals surface area contributed by atoms with Crippen molar-refractivity contribution < 1.29 is 14.3 Å². The molecule has 0 bridgehead atoms. The van der Waals surface area contributed by atoms with Crippen molar-refractivity contribution >= 4 is 23.3 Å². The minimum absolute atomic E-state index is 0.209. The number of aromatic nitrogens is 1. The third kappa shape index (κ3) is 3.51. The van der Waals surface area contributed by atoms with Gasteiger partial charge in [-0.15, -0.1) is 0 Å². The first-order valence-electron chi connectivity index (χ1n) is 6.44. The number of nitrogens with one attached hydrogen (secondary N) is 1. The number of ether oxygens (including phenoxy) is 1. The van der Waals surface area contributed by atoms with Gasteiger partial charge in [0, 0.05) is 18.0 Å². The number of nitrogen functional groups attached to an aromatic ring is 1. The van der Waals surface area contributed by atoms with Crippen LogP contribution in [0.4, 0.5) is 11.4 Å². The predicted octanol–water partition coefficient (Wildman–Crippen LogP) is 0.856. The van der Waals surface area contributed by atoms with Crippen molar-refractivity contribution in [3.05, 3.63) is 58.5 Å². The van der Waals surface area contributed by atoms with Crippen LogP contribution in [0.15, 0.2) is 47.4 Å². The molecule has 1 aromatic carbocycles. The van der Waals surface area contributed by atoms with Crippen LogP contribution in [0.3, 0.4) is 0 Å². The lowest BCUT2D eigenvalue weighted by molar-refractivity contribution is -0.116. The Bertz CT molecular complexity index is 767. The zero-order valence-electron chi connectivity index (χ0n) is 11.9. The zero-order valence-corrected chi connectivity index (χ0v) is 11.9. The summed E-state index contributed by atoms with van der Waals surface area (Å²) in [6.45, 7) is -0.209. The summed E-state index contributed by atoms with van der Waals surface area (Å²) in [5, 5.41) is 2.58. The van der Waals surface area contributed by atoms with Crippen LogP contribution in [0.5, 0.6) is 0 Å². The standard InChI is InChI=1S/C15H15N3O4/c1-22-15(21)11-4-2-3-5-12(11)17-13(19)9-18-8-10(16)6-7-14(18)20/h2-8H,9,16H2,1H3,(H,17,19). The molecule has 7 nitrogen and oxygen atoms in total. The van der Waals surface area contributed by atoms with Crippen LogP contribution in [0.25, 0.3) is 0 Å². The number of para-hydroxylation sites is 1. The molecule has 22 heavy (non-hydrogen) atoms. The summed E-state index contributed by atoms with van der Waals surface area (Å²) < 4.78 is 5.84. The van der Waals surface area contributed by atoms with E-state index in [1.54, 1.807) is 18.2 Å². The molecule has 2 rings (SSSR count). The lowest BCUT2D eigenvalue weighted by atomic mass is 10.2. The Morgan fingerprint density at radius 2 is 1.95 bits per heavy atom. The number of esters is 1. The molecule has 0 spiro atoms. The minimum Gasteiger partial charge on any atom is -0.465 e. The molecule has 1 amide bonds.